The lowest BCUT2D eigenvalue weighted by Gasteiger charge is -2.19. The molecule has 1 saturated carbocycles. The van der Waals surface area contributed by atoms with Gasteiger partial charge in [-0.05, 0) is 19.8 Å². The Morgan fingerprint density at radius 3 is 2.26 bits per heavy atom. The number of aryl methyl sites for hydroxylation is 3. The molecule has 140 valence electrons. The van der Waals surface area contributed by atoms with Crippen LogP contribution in [0.2, 0.25) is 0 Å². The van der Waals surface area contributed by atoms with Crippen LogP contribution in [0.4, 0.5) is 10.5 Å². The first-order valence-electron chi connectivity index (χ1n) is 8.88. The zero-order valence-electron chi connectivity index (χ0n) is 15.5. The first-order valence-corrected chi connectivity index (χ1v) is 8.88. The van der Waals surface area contributed by atoms with E-state index in [2.05, 4.69) is 30.6 Å². The normalized spacial score (nSPS) is 13.8. The fourth-order valence-electron chi connectivity index (χ4n) is 3.10. The van der Waals surface area contributed by atoms with Gasteiger partial charge in [0.25, 0.3) is 0 Å². The highest BCUT2D eigenvalue weighted by Gasteiger charge is 2.29. The summed E-state index contributed by atoms with van der Waals surface area (Å²) in [5.41, 5.74) is 1.56. The largest absolute Gasteiger partial charge is 0.336 e. The van der Waals surface area contributed by atoms with Crippen molar-refractivity contribution in [3.05, 3.63) is 54.2 Å². The number of carbonyl (C=O) groups is 1. The summed E-state index contributed by atoms with van der Waals surface area (Å²) in [6.07, 6.45) is 10.9. The molecule has 3 aromatic rings. The van der Waals surface area contributed by atoms with Gasteiger partial charge < -0.3 is 19.8 Å². The summed E-state index contributed by atoms with van der Waals surface area (Å²) in [5.74, 6) is 2.51. The van der Waals surface area contributed by atoms with Crippen molar-refractivity contribution in [2.75, 3.05) is 5.32 Å². The molecule has 0 unspecified atom stereocenters. The van der Waals surface area contributed by atoms with E-state index in [9.17, 15) is 4.79 Å². The van der Waals surface area contributed by atoms with Gasteiger partial charge in [0.05, 0.1) is 17.6 Å². The Hall–Kier alpha value is -3.23. The molecule has 27 heavy (non-hydrogen) atoms. The van der Waals surface area contributed by atoms with Crippen molar-refractivity contribution in [3.8, 4) is 0 Å². The number of aromatic nitrogens is 6. The first kappa shape index (κ1) is 17.2. The van der Waals surface area contributed by atoms with Crippen molar-refractivity contribution in [3.63, 3.8) is 0 Å². The molecule has 1 fully saturated rings. The molecule has 1 aliphatic rings. The van der Waals surface area contributed by atoms with Crippen LogP contribution in [-0.2, 0) is 14.1 Å². The molecule has 3 aromatic heterocycles. The Morgan fingerprint density at radius 1 is 1.11 bits per heavy atom. The van der Waals surface area contributed by atoms with Crippen LogP contribution >= 0.6 is 0 Å². The molecule has 0 saturated heterocycles. The van der Waals surface area contributed by atoms with Crippen molar-refractivity contribution in [2.24, 2.45) is 14.1 Å². The van der Waals surface area contributed by atoms with E-state index in [1.807, 2.05) is 42.5 Å². The highest BCUT2D eigenvalue weighted by atomic mass is 16.2. The van der Waals surface area contributed by atoms with Crippen LogP contribution in [-0.4, -0.2) is 35.1 Å². The molecule has 4 rings (SSSR count). The summed E-state index contributed by atoms with van der Waals surface area (Å²) in [5, 5.41) is 5.88. The predicted molar refractivity (Wildman–Crippen MR) is 99.2 cm³/mol. The lowest BCUT2D eigenvalue weighted by atomic mass is 10.2. The average Bonchev–Trinajstić information content (AvgIpc) is 3.26. The van der Waals surface area contributed by atoms with E-state index in [-0.39, 0.29) is 6.03 Å². The minimum atomic E-state index is -0.485. The summed E-state index contributed by atoms with van der Waals surface area (Å²) < 4.78 is 3.73. The molecule has 0 radical (unpaired) electrons. The Morgan fingerprint density at radius 2 is 1.74 bits per heavy atom. The third kappa shape index (κ3) is 3.53. The van der Waals surface area contributed by atoms with Gasteiger partial charge in [-0.2, -0.15) is 0 Å². The lowest BCUT2D eigenvalue weighted by molar-refractivity contribution is 0.249. The van der Waals surface area contributed by atoms with E-state index in [0.717, 1.165) is 18.5 Å². The number of carbonyl (C=O) groups excluding carboxylic acids is 1. The first-order chi connectivity index (χ1) is 13.0. The van der Waals surface area contributed by atoms with Crippen molar-refractivity contribution in [1.82, 2.24) is 34.4 Å². The molecular weight excluding hydrogens is 344 g/mol. The zero-order chi connectivity index (χ0) is 19.0. The molecule has 2 N–H and O–H groups in total. The van der Waals surface area contributed by atoms with E-state index < -0.39 is 6.04 Å². The lowest BCUT2D eigenvalue weighted by Crippen LogP contribution is -2.36. The summed E-state index contributed by atoms with van der Waals surface area (Å²) in [4.78, 5) is 30.3. The maximum atomic E-state index is 12.8. The SMILES string of the molecule is Cc1ncc(NC(=O)NC(c2nccn2C)c2nccn2C)c(C2CC2)n1. The predicted octanol–water partition coefficient (Wildman–Crippen LogP) is 2.04. The Labute approximate surface area is 156 Å². The molecule has 9 nitrogen and oxygen atoms in total. The fourth-order valence-corrected chi connectivity index (χ4v) is 3.10. The number of imidazole rings is 2. The van der Waals surface area contributed by atoms with Crippen LogP contribution in [0.15, 0.2) is 31.0 Å². The number of urea groups is 1. The summed E-state index contributed by atoms with van der Waals surface area (Å²) >= 11 is 0. The number of nitrogens with zero attached hydrogens (tertiary/aromatic N) is 6. The van der Waals surface area contributed by atoms with Crippen LogP contribution in [0.5, 0.6) is 0 Å². The second-order valence-corrected chi connectivity index (χ2v) is 6.81. The minimum absolute atomic E-state index is 0.347. The molecule has 9 heteroatoms. The van der Waals surface area contributed by atoms with Gasteiger partial charge >= 0.3 is 6.03 Å². The number of anilines is 1. The zero-order valence-corrected chi connectivity index (χ0v) is 15.5. The standard InChI is InChI=1S/C18H22N8O/c1-11-21-10-13(14(22-11)12-4-5-12)23-18(27)24-15(16-19-6-8-25(16)2)17-20-7-9-26(17)3/h6-10,12,15H,4-5H2,1-3H3,(H2,23,24,27). The van der Waals surface area contributed by atoms with Crippen LogP contribution in [0, 0.1) is 6.92 Å². The molecule has 0 aliphatic heterocycles. The number of hydrogen-bond donors (Lipinski definition) is 2. The number of nitrogens with one attached hydrogen (secondary N) is 2. The monoisotopic (exact) mass is 366 g/mol. The summed E-state index contributed by atoms with van der Waals surface area (Å²) in [6.45, 7) is 1.86. The molecule has 1 aliphatic carbocycles. The Balaban J connectivity index is 1.58. The van der Waals surface area contributed by atoms with Crippen molar-refractivity contribution < 1.29 is 4.79 Å². The van der Waals surface area contributed by atoms with E-state index in [1.165, 1.54) is 0 Å². The second kappa shape index (κ2) is 6.82. The smallest absolute Gasteiger partial charge is 0.320 e. The number of rotatable bonds is 5. The Bertz CT molecular complexity index is 931. The van der Waals surface area contributed by atoms with E-state index in [0.29, 0.717) is 29.1 Å². The van der Waals surface area contributed by atoms with Crippen molar-refractivity contribution in [1.29, 1.82) is 0 Å². The third-order valence-electron chi connectivity index (χ3n) is 4.66. The molecule has 0 spiro atoms. The molecule has 2 amide bonds. The maximum Gasteiger partial charge on any atom is 0.320 e. The van der Waals surface area contributed by atoms with Gasteiger partial charge in [0.15, 0.2) is 0 Å². The number of hydrogen-bond acceptors (Lipinski definition) is 5. The van der Waals surface area contributed by atoms with Gasteiger partial charge in [0.1, 0.15) is 23.5 Å². The van der Waals surface area contributed by atoms with E-state index in [4.69, 9.17) is 0 Å². The second-order valence-electron chi connectivity index (χ2n) is 6.81. The molecular formula is C18H22N8O. The topological polar surface area (TPSA) is 103 Å². The highest BCUT2D eigenvalue weighted by Crippen LogP contribution is 2.42. The van der Waals surface area contributed by atoms with Crippen LogP contribution in [0.1, 0.15) is 48.0 Å². The molecule has 3 heterocycles. The maximum absolute atomic E-state index is 12.8. The highest BCUT2D eigenvalue weighted by molar-refractivity contribution is 5.90. The van der Waals surface area contributed by atoms with Gasteiger partial charge in [-0.3, -0.25) is 0 Å². The molecule has 0 bridgehead atoms. The third-order valence-corrected chi connectivity index (χ3v) is 4.66. The van der Waals surface area contributed by atoms with Gasteiger partial charge in [-0.15, -0.1) is 0 Å². The van der Waals surface area contributed by atoms with Crippen LogP contribution < -0.4 is 10.6 Å². The van der Waals surface area contributed by atoms with E-state index >= 15 is 0 Å². The van der Waals surface area contributed by atoms with Crippen molar-refractivity contribution >= 4 is 11.7 Å². The minimum Gasteiger partial charge on any atom is -0.336 e. The van der Waals surface area contributed by atoms with Crippen molar-refractivity contribution in [2.45, 2.75) is 31.7 Å². The van der Waals surface area contributed by atoms with Gasteiger partial charge in [-0.1, -0.05) is 0 Å². The number of amides is 2. The average molecular weight is 366 g/mol. The fraction of sp³-hybridized carbons (Fsp3) is 0.389. The van der Waals surface area contributed by atoms with Crippen LogP contribution in [0.3, 0.4) is 0 Å². The van der Waals surface area contributed by atoms with Gasteiger partial charge in [-0.25, -0.2) is 24.7 Å². The molecule has 0 atom stereocenters. The Kier molecular flexibility index (Phi) is 4.35. The molecule has 0 aromatic carbocycles. The van der Waals surface area contributed by atoms with Gasteiger partial charge in [0, 0.05) is 44.8 Å². The quantitative estimate of drug-likeness (QED) is 0.719. The van der Waals surface area contributed by atoms with E-state index in [1.54, 1.807) is 18.6 Å². The van der Waals surface area contributed by atoms with Crippen LogP contribution in [0.25, 0.3) is 0 Å². The summed E-state index contributed by atoms with van der Waals surface area (Å²) in [7, 11) is 3.77. The van der Waals surface area contributed by atoms with Gasteiger partial charge in [0.2, 0.25) is 0 Å². The summed E-state index contributed by atoms with van der Waals surface area (Å²) in [6, 6.07) is -0.832.